The van der Waals surface area contributed by atoms with Crippen LogP contribution in [-0.4, -0.2) is 29.2 Å². The monoisotopic (exact) mass is 449 g/mol. The van der Waals surface area contributed by atoms with E-state index in [0.717, 1.165) is 22.5 Å². The minimum Gasteiger partial charge on any atom is -0.484 e. The van der Waals surface area contributed by atoms with Crippen molar-refractivity contribution < 1.29 is 19.1 Å². The van der Waals surface area contributed by atoms with Crippen LogP contribution in [0.4, 0.5) is 5.13 Å². The summed E-state index contributed by atoms with van der Waals surface area (Å²) in [5, 5.41) is 5.95. The second-order valence-corrected chi connectivity index (χ2v) is 8.62. The van der Waals surface area contributed by atoms with Gasteiger partial charge in [0.05, 0.1) is 16.5 Å². The Balaban J connectivity index is 1.34. The Morgan fingerprint density at radius 3 is 2.62 bits per heavy atom. The van der Waals surface area contributed by atoms with Crippen molar-refractivity contribution in [3.05, 3.63) is 76.3 Å². The highest BCUT2D eigenvalue weighted by Gasteiger charge is 2.33. The molecule has 8 heteroatoms. The van der Waals surface area contributed by atoms with E-state index in [0.29, 0.717) is 34.4 Å². The van der Waals surface area contributed by atoms with Crippen LogP contribution in [0.15, 0.2) is 54.6 Å². The summed E-state index contributed by atoms with van der Waals surface area (Å²) >= 11 is 1.14. The Morgan fingerprint density at radius 1 is 1.09 bits per heavy atom. The Kier molecular flexibility index (Phi) is 6.61. The van der Waals surface area contributed by atoms with Gasteiger partial charge in [0.1, 0.15) is 5.75 Å². The molecule has 4 rings (SSSR count). The van der Waals surface area contributed by atoms with Crippen molar-refractivity contribution in [2.75, 3.05) is 11.9 Å². The number of aromatic nitrogens is 1. The van der Waals surface area contributed by atoms with Crippen LogP contribution in [0.5, 0.6) is 5.75 Å². The van der Waals surface area contributed by atoms with E-state index in [2.05, 4.69) is 15.6 Å². The van der Waals surface area contributed by atoms with Crippen LogP contribution in [0.25, 0.3) is 0 Å². The van der Waals surface area contributed by atoms with E-state index in [1.54, 1.807) is 12.1 Å². The van der Waals surface area contributed by atoms with E-state index in [-0.39, 0.29) is 30.6 Å². The van der Waals surface area contributed by atoms with Crippen molar-refractivity contribution in [3.8, 4) is 5.75 Å². The van der Waals surface area contributed by atoms with E-state index < -0.39 is 5.92 Å². The lowest BCUT2D eigenvalue weighted by molar-refractivity contribution is -0.125. The van der Waals surface area contributed by atoms with Crippen molar-refractivity contribution in [3.63, 3.8) is 0 Å². The fraction of sp³-hybridized carbons (Fsp3) is 0.250. The number of benzene rings is 2. The van der Waals surface area contributed by atoms with Crippen LogP contribution in [0.1, 0.15) is 32.9 Å². The zero-order valence-corrected chi connectivity index (χ0v) is 18.4. The minimum absolute atomic E-state index is 0.124. The molecule has 1 heterocycles. The minimum atomic E-state index is -0.467. The van der Waals surface area contributed by atoms with Gasteiger partial charge >= 0.3 is 0 Å². The van der Waals surface area contributed by atoms with Gasteiger partial charge in [0.2, 0.25) is 5.91 Å². The Hall–Kier alpha value is -3.52. The molecule has 1 atom stereocenters. The molecule has 1 unspecified atom stereocenters. The second kappa shape index (κ2) is 9.74. The third-order valence-corrected chi connectivity index (χ3v) is 6.32. The maximum absolute atomic E-state index is 12.7. The number of carbonyl (C=O) groups excluding carboxylic acids is 3. The first kappa shape index (κ1) is 21.7. The van der Waals surface area contributed by atoms with Crippen molar-refractivity contribution in [1.29, 1.82) is 0 Å². The number of rotatable bonds is 7. The second-order valence-electron chi connectivity index (χ2n) is 7.62. The molecule has 0 aliphatic heterocycles. The average Bonchev–Trinajstić information content (AvgIpc) is 3.20. The third-order valence-electron chi connectivity index (χ3n) is 5.27. The van der Waals surface area contributed by atoms with Crippen molar-refractivity contribution in [2.45, 2.75) is 26.3 Å². The standard InChI is InChI=1S/C24H23N3O4S/c1-15-7-5-6-8-16(15)13-25-23(30)17-11-19-22(20(28)12-17)32-24(26-19)27-21(29)14-31-18-9-3-2-4-10-18/h2-10,17H,11-14H2,1H3,(H,25,30)(H,26,27,29). The first-order valence-corrected chi connectivity index (χ1v) is 11.1. The number of amides is 2. The van der Waals surface area contributed by atoms with Gasteiger partial charge in [0, 0.05) is 19.4 Å². The number of anilines is 1. The third kappa shape index (κ3) is 5.20. The zero-order valence-electron chi connectivity index (χ0n) is 17.6. The Morgan fingerprint density at radius 2 is 1.84 bits per heavy atom. The van der Waals surface area contributed by atoms with E-state index >= 15 is 0 Å². The topological polar surface area (TPSA) is 97.4 Å². The number of ketones is 1. The highest BCUT2D eigenvalue weighted by molar-refractivity contribution is 7.17. The molecule has 0 saturated carbocycles. The number of thiazole rings is 1. The maximum Gasteiger partial charge on any atom is 0.264 e. The van der Waals surface area contributed by atoms with Gasteiger partial charge in [-0.2, -0.15) is 0 Å². The summed E-state index contributed by atoms with van der Waals surface area (Å²) in [5.74, 6) is -0.523. The number of fused-ring (bicyclic) bond motifs is 1. The fourth-order valence-electron chi connectivity index (χ4n) is 3.52. The molecule has 0 bridgehead atoms. The predicted octanol–water partition coefficient (Wildman–Crippen LogP) is 3.53. The quantitative estimate of drug-likeness (QED) is 0.575. The predicted molar refractivity (Wildman–Crippen MR) is 122 cm³/mol. The first-order chi connectivity index (χ1) is 15.5. The molecule has 1 aliphatic rings. The summed E-state index contributed by atoms with van der Waals surface area (Å²) in [7, 11) is 0. The van der Waals surface area contributed by atoms with E-state index in [1.807, 2.05) is 49.4 Å². The molecule has 1 aliphatic carbocycles. The van der Waals surface area contributed by atoms with Gasteiger partial charge in [0.25, 0.3) is 5.91 Å². The first-order valence-electron chi connectivity index (χ1n) is 10.3. The molecule has 2 N–H and O–H groups in total. The van der Waals surface area contributed by atoms with Gasteiger partial charge in [-0.05, 0) is 30.2 Å². The largest absolute Gasteiger partial charge is 0.484 e. The summed E-state index contributed by atoms with van der Waals surface area (Å²) in [6.45, 7) is 2.25. The van der Waals surface area contributed by atoms with Crippen LogP contribution in [0.2, 0.25) is 0 Å². The summed E-state index contributed by atoms with van der Waals surface area (Å²) in [6, 6.07) is 16.9. The van der Waals surface area contributed by atoms with Crippen LogP contribution in [0, 0.1) is 12.8 Å². The van der Waals surface area contributed by atoms with Gasteiger partial charge in [-0.1, -0.05) is 53.8 Å². The van der Waals surface area contributed by atoms with Crippen molar-refractivity contribution in [1.82, 2.24) is 10.3 Å². The lowest BCUT2D eigenvalue weighted by Crippen LogP contribution is -2.35. The Bertz CT molecular complexity index is 1140. The number of hydrogen-bond acceptors (Lipinski definition) is 6. The molecule has 3 aromatic rings. The summed E-state index contributed by atoms with van der Waals surface area (Å²) < 4.78 is 5.43. The fourth-order valence-corrected chi connectivity index (χ4v) is 4.48. The number of hydrogen-bond donors (Lipinski definition) is 2. The van der Waals surface area contributed by atoms with Crippen molar-refractivity contribution >= 4 is 34.1 Å². The highest BCUT2D eigenvalue weighted by atomic mass is 32.1. The van der Waals surface area contributed by atoms with Gasteiger partial charge < -0.3 is 10.1 Å². The van der Waals surface area contributed by atoms with Crippen LogP contribution >= 0.6 is 11.3 Å². The maximum atomic E-state index is 12.7. The molecule has 32 heavy (non-hydrogen) atoms. The number of nitrogens with zero attached hydrogens (tertiary/aromatic N) is 1. The lowest BCUT2D eigenvalue weighted by atomic mass is 9.89. The van der Waals surface area contributed by atoms with Gasteiger partial charge in [-0.25, -0.2) is 4.98 Å². The van der Waals surface area contributed by atoms with Crippen LogP contribution < -0.4 is 15.4 Å². The van der Waals surface area contributed by atoms with Crippen LogP contribution in [0.3, 0.4) is 0 Å². The van der Waals surface area contributed by atoms with Crippen LogP contribution in [-0.2, 0) is 22.6 Å². The number of ether oxygens (including phenoxy) is 1. The average molecular weight is 450 g/mol. The molecule has 164 valence electrons. The molecular weight excluding hydrogens is 426 g/mol. The van der Waals surface area contributed by atoms with Gasteiger partial charge in [-0.15, -0.1) is 0 Å². The molecule has 0 spiro atoms. The Labute approximate surface area is 189 Å². The van der Waals surface area contributed by atoms with Gasteiger partial charge in [-0.3, -0.25) is 19.7 Å². The molecule has 2 aromatic carbocycles. The molecular formula is C24H23N3O4S. The molecule has 0 saturated heterocycles. The zero-order chi connectivity index (χ0) is 22.5. The smallest absolute Gasteiger partial charge is 0.264 e. The normalized spacial score (nSPS) is 15.0. The number of Topliss-reactive ketones (excluding diaryl/α,β-unsaturated/α-hetero) is 1. The lowest BCUT2D eigenvalue weighted by Gasteiger charge is -2.19. The molecule has 2 amide bonds. The molecule has 0 fully saturated rings. The molecule has 7 nitrogen and oxygen atoms in total. The van der Waals surface area contributed by atoms with E-state index in [4.69, 9.17) is 4.74 Å². The highest BCUT2D eigenvalue weighted by Crippen LogP contribution is 2.32. The summed E-state index contributed by atoms with van der Waals surface area (Å²) in [5.41, 5.74) is 2.70. The molecule has 0 radical (unpaired) electrons. The summed E-state index contributed by atoms with van der Waals surface area (Å²) in [6.07, 6.45) is 0.507. The number of carbonyl (C=O) groups is 3. The summed E-state index contributed by atoms with van der Waals surface area (Å²) in [4.78, 5) is 42.3. The van der Waals surface area contributed by atoms with E-state index in [1.165, 1.54) is 0 Å². The SMILES string of the molecule is Cc1ccccc1CNC(=O)C1CC(=O)c2sc(NC(=O)COc3ccccc3)nc2C1. The van der Waals surface area contributed by atoms with E-state index in [9.17, 15) is 14.4 Å². The molecule has 1 aromatic heterocycles. The number of aryl methyl sites for hydroxylation is 1. The number of nitrogens with one attached hydrogen (secondary N) is 2. The number of para-hydroxylation sites is 1. The van der Waals surface area contributed by atoms with Gasteiger partial charge in [0.15, 0.2) is 17.5 Å². The van der Waals surface area contributed by atoms with Crippen molar-refractivity contribution in [2.24, 2.45) is 5.92 Å².